The summed E-state index contributed by atoms with van der Waals surface area (Å²) in [6.07, 6.45) is 1.51. The lowest BCUT2D eigenvalue weighted by molar-refractivity contribution is -0.133. The number of thioether (sulfide) groups is 1. The number of amides is 1. The zero-order valence-electron chi connectivity index (χ0n) is 16.7. The first-order valence-electron chi connectivity index (χ1n) is 9.32. The smallest absolute Gasteiger partial charge is 0.262 e. The summed E-state index contributed by atoms with van der Waals surface area (Å²) in [5.74, 6) is 0.0225. The zero-order valence-corrected chi connectivity index (χ0v) is 17.5. The van der Waals surface area contributed by atoms with Crippen molar-refractivity contribution < 1.29 is 4.79 Å². The Morgan fingerprint density at radius 1 is 1.11 bits per heavy atom. The maximum absolute atomic E-state index is 12.9. The molecule has 0 fully saturated rings. The lowest BCUT2D eigenvalue weighted by atomic mass is 10.2. The minimum atomic E-state index is -0.376. The molecule has 3 rings (SSSR count). The Kier molecular flexibility index (Phi) is 5.88. The fourth-order valence-corrected chi connectivity index (χ4v) is 4.09. The maximum Gasteiger partial charge on any atom is 0.262 e. The Labute approximate surface area is 168 Å². The number of hydrogen-bond acceptors (Lipinski definition) is 5. The van der Waals surface area contributed by atoms with Gasteiger partial charge in [-0.2, -0.15) is 5.10 Å². The SMILES string of the molecule is CC(Sc1nc2c(cnn2-c2ccccc2)c(=O)[nH]1)C(=O)N(C(C)C)C(C)C. The van der Waals surface area contributed by atoms with Gasteiger partial charge in [0.05, 0.1) is 17.1 Å². The highest BCUT2D eigenvalue weighted by Gasteiger charge is 2.26. The van der Waals surface area contributed by atoms with Gasteiger partial charge in [0.2, 0.25) is 5.91 Å². The number of fused-ring (bicyclic) bond motifs is 1. The largest absolute Gasteiger partial charge is 0.337 e. The number of carbonyl (C=O) groups excluding carboxylic acids is 1. The Bertz CT molecular complexity index is 1020. The number of rotatable bonds is 6. The van der Waals surface area contributed by atoms with E-state index >= 15 is 0 Å². The van der Waals surface area contributed by atoms with Gasteiger partial charge in [0.15, 0.2) is 10.8 Å². The Hall–Kier alpha value is -2.61. The van der Waals surface area contributed by atoms with Crippen LogP contribution in [0.15, 0.2) is 46.5 Å². The predicted octanol–water partition coefficient (Wildman–Crippen LogP) is 3.23. The minimum absolute atomic E-state index is 0.0225. The van der Waals surface area contributed by atoms with E-state index in [1.807, 2.05) is 69.9 Å². The van der Waals surface area contributed by atoms with Crippen LogP contribution in [0.4, 0.5) is 0 Å². The van der Waals surface area contributed by atoms with Gasteiger partial charge in [-0.25, -0.2) is 9.67 Å². The number of aromatic nitrogens is 4. The van der Waals surface area contributed by atoms with Gasteiger partial charge in [0.25, 0.3) is 5.56 Å². The molecule has 3 aromatic rings. The van der Waals surface area contributed by atoms with Crippen molar-refractivity contribution >= 4 is 28.7 Å². The summed E-state index contributed by atoms with van der Waals surface area (Å²) in [4.78, 5) is 34.6. The van der Waals surface area contributed by atoms with Crippen molar-refractivity contribution in [1.82, 2.24) is 24.6 Å². The summed E-state index contributed by atoms with van der Waals surface area (Å²) >= 11 is 1.25. The topological polar surface area (TPSA) is 83.9 Å². The highest BCUT2D eigenvalue weighted by atomic mass is 32.2. The minimum Gasteiger partial charge on any atom is -0.337 e. The Balaban J connectivity index is 1.94. The third-order valence-electron chi connectivity index (χ3n) is 4.42. The molecule has 0 aliphatic carbocycles. The quantitative estimate of drug-likeness (QED) is 0.508. The molecule has 0 aliphatic heterocycles. The van der Waals surface area contributed by atoms with Gasteiger partial charge in [-0.3, -0.25) is 9.59 Å². The summed E-state index contributed by atoms with van der Waals surface area (Å²) < 4.78 is 1.63. The molecule has 148 valence electrons. The fraction of sp³-hybridized carbons (Fsp3) is 0.400. The monoisotopic (exact) mass is 399 g/mol. The van der Waals surface area contributed by atoms with Crippen LogP contribution in [0.25, 0.3) is 16.7 Å². The normalized spacial score (nSPS) is 12.7. The molecule has 0 radical (unpaired) electrons. The van der Waals surface area contributed by atoms with Gasteiger partial charge in [-0.1, -0.05) is 30.0 Å². The van der Waals surface area contributed by atoms with Crippen LogP contribution in [0.1, 0.15) is 34.6 Å². The highest BCUT2D eigenvalue weighted by molar-refractivity contribution is 8.00. The van der Waals surface area contributed by atoms with E-state index in [1.165, 1.54) is 18.0 Å². The van der Waals surface area contributed by atoms with Crippen molar-refractivity contribution in [1.29, 1.82) is 0 Å². The molecular formula is C20H25N5O2S. The number of carbonyl (C=O) groups is 1. The molecule has 1 unspecified atom stereocenters. The summed E-state index contributed by atoms with van der Waals surface area (Å²) in [6, 6.07) is 9.72. The summed E-state index contributed by atoms with van der Waals surface area (Å²) in [7, 11) is 0. The molecule has 1 aromatic carbocycles. The summed E-state index contributed by atoms with van der Waals surface area (Å²) in [5.41, 5.74) is 1.03. The number of para-hydroxylation sites is 1. The number of hydrogen-bond donors (Lipinski definition) is 1. The third kappa shape index (κ3) is 3.96. The standard InChI is InChI=1S/C20H25N5O2S/c1-12(2)24(13(3)4)19(27)14(5)28-20-22-17-16(18(26)23-20)11-21-25(17)15-9-7-6-8-10-15/h6-14H,1-5H3,(H,22,23,26). The van der Waals surface area contributed by atoms with Crippen LogP contribution in [0.3, 0.4) is 0 Å². The van der Waals surface area contributed by atoms with Crippen LogP contribution in [0.5, 0.6) is 0 Å². The first kappa shape index (κ1) is 20.1. The number of nitrogens with one attached hydrogen (secondary N) is 1. The van der Waals surface area contributed by atoms with E-state index in [0.717, 1.165) is 5.69 Å². The van der Waals surface area contributed by atoms with Crippen molar-refractivity contribution in [2.45, 2.75) is 57.1 Å². The van der Waals surface area contributed by atoms with Gasteiger partial charge < -0.3 is 9.88 Å². The van der Waals surface area contributed by atoms with Crippen LogP contribution in [0, 0.1) is 0 Å². The van der Waals surface area contributed by atoms with Crippen LogP contribution < -0.4 is 5.56 Å². The molecular weight excluding hydrogens is 374 g/mol. The van der Waals surface area contributed by atoms with Crippen molar-refractivity contribution in [3.63, 3.8) is 0 Å². The average molecular weight is 400 g/mol. The van der Waals surface area contributed by atoms with Gasteiger partial charge in [-0.15, -0.1) is 0 Å². The molecule has 0 saturated carbocycles. The van der Waals surface area contributed by atoms with E-state index in [-0.39, 0.29) is 28.8 Å². The van der Waals surface area contributed by atoms with Crippen molar-refractivity contribution in [3.05, 3.63) is 46.9 Å². The molecule has 0 bridgehead atoms. The van der Waals surface area contributed by atoms with Crippen molar-refractivity contribution in [3.8, 4) is 5.69 Å². The lowest BCUT2D eigenvalue weighted by Crippen LogP contribution is -2.45. The van der Waals surface area contributed by atoms with E-state index in [0.29, 0.717) is 16.2 Å². The second-order valence-corrected chi connectivity index (χ2v) is 8.52. The Morgan fingerprint density at radius 2 is 1.75 bits per heavy atom. The zero-order chi connectivity index (χ0) is 20.4. The van der Waals surface area contributed by atoms with Gasteiger partial charge in [0.1, 0.15) is 5.39 Å². The molecule has 0 saturated heterocycles. The van der Waals surface area contributed by atoms with Crippen molar-refractivity contribution in [2.75, 3.05) is 0 Å². The molecule has 0 aliphatic rings. The molecule has 0 spiro atoms. The Morgan fingerprint density at radius 3 is 2.36 bits per heavy atom. The average Bonchev–Trinajstić information content (AvgIpc) is 3.06. The molecule has 8 heteroatoms. The fourth-order valence-electron chi connectivity index (χ4n) is 3.25. The molecule has 7 nitrogen and oxygen atoms in total. The molecule has 28 heavy (non-hydrogen) atoms. The third-order valence-corrected chi connectivity index (χ3v) is 5.39. The second kappa shape index (κ2) is 8.18. The summed E-state index contributed by atoms with van der Waals surface area (Å²) in [5, 5.41) is 4.75. The van der Waals surface area contributed by atoms with Gasteiger partial charge in [-0.05, 0) is 46.8 Å². The summed E-state index contributed by atoms with van der Waals surface area (Å²) in [6.45, 7) is 9.84. The van der Waals surface area contributed by atoms with Crippen LogP contribution >= 0.6 is 11.8 Å². The molecule has 1 N–H and O–H groups in total. The predicted molar refractivity (Wildman–Crippen MR) is 112 cm³/mol. The van der Waals surface area contributed by atoms with Crippen LogP contribution in [-0.2, 0) is 4.79 Å². The number of aromatic amines is 1. The number of benzene rings is 1. The van der Waals surface area contributed by atoms with Crippen LogP contribution in [-0.4, -0.2) is 47.9 Å². The van der Waals surface area contributed by atoms with Crippen molar-refractivity contribution in [2.24, 2.45) is 0 Å². The second-order valence-electron chi connectivity index (χ2n) is 7.19. The van der Waals surface area contributed by atoms with E-state index < -0.39 is 0 Å². The van der Waals surface area contributed by atoms with E-state index in [4.69, 9.17) is 0 Å². The number of nitrogens with zero attached hydrogens (tertiary/aromatic N) is 4. The van der Waals surface area contributed by atoms with E-state index in [9.17, 15) is 9.59 Å². The number of H-pyrrole nitrogens is 1. The first-order valence-corrected chi connectivity index (χ1v) is 10.2. The van der Waals surface area contributed by atoms with E-state index in [2.05, 4.69) is 15.1 Å². The maximum atomic E-state index is 12.9. The highest BCUT2D eigenvalue weighted by Crippen LogP contribution is 2.24. The van der Waals surface area contributed by atoms with Crippen LogP contribution in [0.2, 0.25) is 0 Å². The first-order chi connectivity index (χ1) is 13.3. The molecule has 2 heterocycles. The van der Waals surface area contributed by atoms with Gasteiger partial charge >= 0.3 is 0 Å². The molecule has 1 atom stereocenters. The van der Waals surface area contributed by atoms with Gasteiger partial charge in [0, 0.05) is 12.1 Å². The molecule has 1 amide bonds. The lowest BCUT2D eigenvalue weighted by Gasteiger charge is -2.32. The van der Waals surface area contributed by atoms with E-state index in [1.54, 1.807) is 4.68 Å². The molecule has 2 aromatic heterocycles.